The van der Waals surface area contributed by atoms with Crippen molar-refractivity contribution in [2.45, 2.75) is 24.3 Å². The van der Waals surface area contributed by atoms with E-state index in [0.717, 1.165) is 0 Å². The Kier molecular flexibility index (Phi) is 19.4. The first-order valence-electron chi connectivity index (χ1n) is 16.8. The van der Waals surface area contributed by atoms with Gasteiger partial charge in [0.05, 0.1) is 42.7 Å². The molecule has 312 valence electrons. The van der Waals surface area contributed by atoms with Crippen molar-refractivity contribution in [3.8, 4) is 34.5 Å². The number of hydrogen-bond acceptors (Lipinski definition) is 14. The highest BCUT2D eigenvalue weighted by atomic mass is 35.5. The molecule has 18 heteroatoms. The third-order valence-corrected chi connectivity index (χ3v) is 8.45. The molecule has 0 spiro atoms. The second kappa shape index (κ2) is 23.6. The van der Waals surface area contributed by atoms with Gasteiger partial charge in [0.2, 0.25) is 11.5 Å². The van der Waals surface area contributed by atoms with E-state index < -0.39 is 47.4 Å². The highest BCUT2D eigenvalue weighted by Crippen LogP contribution is 2.40. The minimum Gasteiger partial charge on any atom is -0.493 e. The predicted molar refractivity (Wildman–Crippen MR) is 209 cm³/mol. The number of nitrogens with two attached hydrogens (primary N) is 1. The molecule has 1 saturated heterocycles. The van der Waals surface area contributed by atoms with Crippen LogP contribution in [-0.4, -0.2) is 112 Å². The van der Waals surface area contributed by atoms with Gasteiger partial charge in [-0.15, -0.1) is 0 Å². The number of aliphatic hydroxyl groups excluding tert-OH is 1. The summed E-state index contributed by atoms with van der Waals surface area (Å²) in [6.07, 6.45) is -1.91. The fourth-order valence-corrected chi connectivity index (χ4v) is 5.53. The normalized spacial score (nSPS) is 14.9. The number of nitrogens with zero attached hydrogens (tertiary/aromatic N) is 1. The molecule has 2 unspecified atom stereocenters. The van der Waals surface area contributed by atoms with Crippen LogP contribution in [0.2, 0.25) is 0 Å². The molecule has 5 rings (SSSR count). The number of aliphatic hydroxyl groups is 1. The first kappa shape index (κ1) is 47.8. The largest absolute Gasteiger partial charge is 0.493 e. The second-order valence-corrected chi connectivity index (χ2v) is 11.8. The first-order chi connectivity index (χ1) is 27.8. The molecule has 4 aromatic rings. The van der Waals surface area contributed by atoms with E-state index in [9.17, 15) is 29.4 Å². The average Bonchev–Trinajstić information content (AvgIpc) is 3.72. The Morgan fingerprint density at radius 1 is 0.724 bits per heavy atom. The van der Waals surface area contributed by atoms with Gasteiger partial charge in [-0.05, 0) is 47.0 Å². The van der Waals surface area contributed by atoms with Gasteiger partial charge in [-0.2, -0.15) is 0 Å². The fourth-order valence-electron chi connectivity index (χ4n) is 5.42. The van der Waals surface area contributed by atoms with Crippen LogP contribution >= 0.6 is 11.6 Å². The quantitative estimate of drug-likeness (QED) is 0.137. The van der Waals surface area contributed by atoms with E-state index in [2.05, 4.69) is 0 Å². The summed E-state index contributed by atoms with van der Waals surface area (Å²) in [6, 6.07) is 21.0. The summed E-state index contributed by atoms with van der Waals surface area (Å²) in [5, 5.41) is 27.2. The lowest BCUT2D eigenvalue weighted by Gasteiger charge is -2.23. The number of aliphatic carboxylic acids is 2. The molecule has 0 aliphatic carbocycles. The smallest absolute Gasteiger partial charge is 0.329 e. The van der Waals surface area contributed by atoms with Gasteiger partial charge in [-0.1, -0.05) is 60.7 Å². The summed E-state index contributed by atoms with van der Waals surface area (Å²) >= 11 is 5.37. The second-order valence-electron chi connectivity index (χ2n) is 11.5. The number of amides is 1. The molecule has 17 nitrogen and oxygen atoms in total. The molecule has 0 aromatic heterocycles. The molecule has 4 atom stereocenters. The van der Waals surface area contributed by atoms with E-state index in [1.807, 2.05) is 12.9 Å². The van der Waals surface area contributed by atoms with Crippen molar-refractivity contribution in [1.82, 2.24) is 4.90 Å². The van der Waals surface area contributed by atoms with Crippen molar-refractivity contribution in [2.75, 3.05) is 49.4 Å². The Bertz CT molecular complexity index is 1920. The summed E-state index contributed by atoms with van der Waals surface area (Å²) in [5.74, 6) is -0.679. The summed E-state index contributed by atoms with van der Waals surface area (Å²) in [6.45, 7) is 1.85. The number of carbonyl (C=O) groups is 5. The maximum atomic E-state index is 13.1. The van der Waals surface area contributed by atoms with Crippen LogP contribution in [0, 0.1) is 0 Å². The van der Waals surface area contributed by atoms with Crippen LogP contribution in [0.5, 0.6) is 34.5 Å². The van der Waals surface area contributed by atoms with Gasteiger partial charge in [0, 0.05) is 11.1 Å². The minimum atomic E-state index is -1.28. The third-order valence-electron chi connectivity index (χ3n) is 8.23. The average molecular weight is 829 g/mol. The van der Waals surface area contributed by atoms with Crippen LogP contribution in [0.15, 0.2) is 84.9 Å². The van der Waals surface area contributed by atoms with Gasteiger partial charge in [0.25, 0.3) is 11.1 Å². The van der Waals surface area contributed by atoms with Gasteiger partial charge in [0.15, 0.2) is 29.0 Å². The molecular weight excluding hydrogens is 784 g/mol. The molecule has 0 saturated carbocycles. The lowest BCUT2D eigenvalue weighted by atomic mass is 10.0. The lowest BCUT2D eigenvalue weighted by molar-refractivity contribution is -0.143. The number of carboxylic acid groups (broad SMARTS) is 2. The standard InChI is InChI=1S/C20H21NO7.C10H11ClO4.C9H11NO3.CH2O/c1-25-14-9-13(10-15(26-2)18(14)27-3)19(22)21-11-28-17(16(21)20(23)24)12-7-5-4-6-8-12;1-13-7-4-6(10(11)12)5-8(14-2)9(7)15-3;10-7(9(12)13)8(11)6-4-2-1-3-5-6;1-2/h4-10,16-17H,11H2,1-3H3,(H,23,24);4-5H,1-3H3;1-5,7-8,11H,10H2,(H,12,13);1H2/t16-,17+;;;/m0.../s1. The molecular formula is C40H45ClN2O15. The number of carbonyl (C=O) groups excluding carboxylic acids is 3. The minimum absolute atomic E-state index is 0.147. The molecule has 1 amide bonds. The molecule has 1 aliphatic heterocycles. The summed E-state index contributed by atoms with van der Waals surface area (Å²) in [4.78, 5) is 55.6. The van der Waals surface area contributed by atoms with Crippen LogP contribution in [0.1, 0.15) is 44.1 Å². The number of methoxy groups -OCH3 is 6. The van der Waals surface area contributed by atoms with E-state index in [1.165, 1.54) is 71.8 Å². The maximum Gasteiger partial charge on any atom is 0.329 e. The molecule has 1 fully saturated rings. The Morgan fingerprint density at radius 2 is 1.14 bits per heavy atom. The van der Waals surface area contributed by atoms with Crippen LogP contribution in [-0.2, 0) is 19.1 Å². The van der Waals surface area contributed by atoms with E-state index in [4.69, 9.17) is 60.4 Å². The monoisotopic (exact) mass is 828 g/mol. The molecule has 0 radical (unpaired) electrons. The summed E-state index contributed by atoms with van der Waals surface area (Å²) in [5.41, 5.74) is 6.95. The van der Waals surface area contributed by atoms with Crippen LogP contribution in [0.3, 0.4) is 0 Å². The van der Waals surface area contributed by atoms with Crippen LogP contribution in [0.25, 0.3) is 0 Å². The maximum absolute atomic E-state index is 13.1. The Labute approximate surface area is 339 Å². The highest BCUT2D eigenvalue weighted by Gasteiger charge is 2.44. The van der Waals surface area contributed by atoms with Crippen LogP contribution in [0.4, 0.5) is 0 Å². The molecule has 1 aliphatic rings. The van der Waals surface area contributed by atoms with E-state index in [0.29, 0.717) is 51.2 Å². The Balaban J connectivity index is 0.000000326. The van der Waals surface area contributed by atoms with Gasteiger partial charge < -0.3 is 59.0 Å². The Morgan fingerprint density at radius 3 is 1.50 bits per heavy atom. The van der Waals surface area contributed by atoms with E-state index in [-0.39, 0.29) is 12.3 Å². The zero-order chi connectivity index (χ0) is 43.5. The number of halogens is 1. The third kappa shape index (κ3) is 12.1. The zero-order valence-corrected chi connectivity index (χ0v) is 33.2. The molecule has 0 bridgehead atoms. The van der Waals surface area contributed by atoms with Gasteiger partial charge in [0.1, 0.15) is 31.8 Å². The topological polar surface area (TPSA) is 240 Å². The van der Waals surface area contributed by atoms with Crippen molar-refractivity contribution in [3.05, 3.63) is 107 Å². The van der Waals surface area contributed by atoms with Gasteiger partial charge >= 0.3 is 11.9 Å². The van der Waals surface area contributed by atoms with Crippen molar-refractivity contribution in [1.29, 1.82) is 0 Å². The highest BCUT2D eigenvalue weighted by molar-refractivity contribution is 6.67. The number of hydrogen-bond donors (Lipinski definition) is 4. The molecule has 4 aromatic carbocycles. The number of carboxylic acids is 2. The van der Waals surface area contributed by atoms with Crippen LogP contribution < -0.4 is 34.2 Å². The van der Waals surface area contributed by atoms with E-state index >= 15 is 0 Å². The zero-order valence-electron chi connectivity index (χ0n) is 32.4. The van der Waals surface area contributed by atoms with Gasteiger partial charge in [-0.3, -0.25) is 19.3 Å². The lowest BCUT2D eigenvalue weighted by Crippen LogP contribution is -2.42. The van der Waals surface area contributed by atoms with Crippen molar-refractivity contribution in [2.24, 2.45) is 5.73 Å². The number of benzene rings is 4. The van der Waals surface area contributed by atoms with Crippen molar-refractivity contribution in [3.63, 3.8) is 0 Å². The van der Waals surface area contributed by atoms with Gasteiger partial charge in [-0.25, -0.2) is 4.79 Å². The predicted octanol–water partition coefficient (Wildman–Crippen LogP) is 4.38. The summed E-state index contributed by atoms with van der Waals surface area (Å²) < 4.78 is 36.7. The molecule has 5 N–H and O–H groups in total. The summed E-state index contributed by atoms with van der Waals surface area (Å²) in [7, 11) is 8.77. The van der Waals surface area contributed by atoms with Crippen molar-refractivity contribution >= 4 is 41.5 Å². The first-order valence-corrected chi connectivity index (χ1v) is 17.2. The fraction of sp³-hybridized carbons (Fsp3) is 0.275. The van der Waals surface area contributed by atoms with E-state index in [1.54, 1.807) is 54.6 Å². The molecule has 1 heterocycles. The number of ether oxygens (including phenoxy) is 7. The number of rotatable bonds is 13. The molecule has 58 heavy (non-hydrogen) atoms. The van der Waals surface area contributed by atoms with Crippen molar-refractivity contribution < 1.29 is 72.5 Å². The SMILES string of the molecule is C=O.COc1cc(C(=O)Cl)cc(OC)c1OC.COc1cc(C(=O)N2CO[C@H](c3ccccc3)[C@H]2C(=O)O)cc(OC)c1OC.NC(C(=O)O)C(O)c1ccccc1. The Hall–Kier alpha value is -6.40.